The molecule has 0 radical (unpaired) electrons. The van der Waals surface area contributed by atoms with Crippen LogP contribution in [-0.4, -0.2) is 32.0 Å². The predicted molar refractivity (Wildman–Crippen MR) is 72.5 cm³/mol. The average Bonchev–Trinajstić information content (AvgIpc) is 2.92. The molecule has 1 aromatic carbocycles. The molecule has 2 rings (SSSR count). The highest BCUT2D eigenvalue weighted by Crippen LogP contribution is 2.15. The van der Waals surface area contributed by atoms with Crippen LogP contribution in [0, 0.1) is 0 Å². The number of hydrogen-bond acceptors (Lipinski definition) is 3. The number of carbonyl (C=O) groups is 1. The molecule has 0 aliphatic carbocycles. The number of nitrogens with one attached hydrogen (secondary N) is 2. The van der Waals surface area contributed by atoms with Gasteiger partial charge in [-0.25, -0.2) is 4.79 Å². The first-order chi connectivity index (χ1) is 9.24. The topological polar surface area (TPSA) is 59.6 Å². The van der Waals surface area contributed by atoms with Crippen LogP contribution in [0.4, 0.5) is 4.79 Å². The minimum absolute atomic E-state index is 0.110. The quantitative estimate of drug-likeness (QED) is 0.815. The molecule has 0 bridgehead atoms. The van der Waals surface area contributed by atoms with Gasteiger partial charge in [0.1, 0.15) is 5.75 Å². The maximum Gasteiger partial charge on any atom is 0.317 e. The van der Waals surface area contributed by atoms with E-state index in [1.807, 2.05) is 0 Å². The molecule has 5 nitrogen and oxygen atoms in total. The van der Waals surface area contributed by atoms with Gasteiger partial charge in [0.2, 0.25) is 0 Å². The van der Waals surface area contributed by atoms with E-state index in [4.69, 9.17) is 21.1 Å². The van der Waals surface area contributed by atoms with E-state index in [2.05, 4.69) is 10.6 Å². The highest BCUT2D eigenvalue weighted by Gasteiger charge is 2.15. The van der Waals surface area contributed by atoms with Crippen molar-refractivity contribution >= 4 is 17.6 Å². The minimum Gasteiger partial charge on any atom is -0.473 e. The molecule has 1 unspecified atom stereocenters. The molecule has 2 amide bonds. The van der Waals surface area contributed by atoms with Crippen molar-refractivity contribution in [3.8, 4) is 5.75 Å². The van der Waals surface area contributed by atoms with E-state index in [-0.39, 0.29) is 18.9 Å². The van der Waals surface area contributed by atoms with Gasteiger partial charge in [-0.1, -0.05) is 11.6 Å². The van der Waals surface area contributed by atoms with Crippen molar-refractivity contribution in [2.45, 2.75) is 18.9 Å². The summed E-state index contributed by atoms with van der Waals surface area (Å²) in [4.78, 5) is 11.5. The molecule has 1 aliphatic heterocycles. The van der Waals surface area contributed by atoms with E-state index in [1.54, 1.807) is 24.3 Å². The van der Waals surface area contributed by atoms with Crippen molar-refractivity contribution < 1.29 is 14.3 Å². The van der Waals surface area contributed by atoms with Crippen LogP contribution in [0.15, 0.2) is 24.3 Å². The van der Waals surface area contributed by atoms with E-state index in [1.165, 1.54) is 0 Å². The lowest BCUT2D eigenvalue weighted by atomic mass is 10.2. The molecule has 1 fully saturated rings. The van der Waals surface area contributed by atoms with Gasteiger partial charge in [-0.15, -0.1) is 0 Å². The summed E-state index contributed by atoms with van der Waals surface area (Å²) < 4.78 is 10.7. The molecule has 0 spiro atoms. The Kier molecular flexibility index (Phi) is 5.30. The first-order valence-electron chi connectivity index (χ1n) is 6.26. The Bertz CT molecular complexity index is 405. The zero-order chi connectivity index (χ0) is 13.5. The Balaban J connectivity index is 1.59. The first kappa shape index (κ1) is 14.0. The maximum atomic E-state index is 11.5. The number of urea groups is 1. The molecule has 19 heavy (non-hydrogen) atoms. The molecular weight excluding hydrogens is 268 g/mol. The Hall–Kier alpha value is -1.46. The van der Waals surface area contributed by atoms with Crippen molar-refractivity contribution in [2.24, 2.45) is 0 Å². The standard InChI is InChI=1S/C13H17ClN2O3/c14-10-3-5-11(6-4-10)19-9-16-13(17)15-8-12-2-1-7-18-12/h3-6,12H,1-2,7-9H2,(H2,15,16,17). The number of ether oxygens (including phenoxy) is 2. The molecule has 0 aromatic heterocycles. The third-order valence-electron chi connectivity index (χ3n) is 2.80. The molecule has 1 aromatic rings. The summed E-state index contributed by atoms with van der Waals surface area (Å²) in [6.07, 6.45) is 2.21. The Morgan fingerprint density at radius 1 is 1.37 bits per heavy atom. The molecule has 6 heteroatoms. The van der Waals surface area contributed by atoms with Crippen LogP contribution in [0.5, 0.6) is 5.75 Å². The van der Waals surface area contributed by atoms with Crippen LogP contribution < -0.4 is 15.4 Å². The fourth-order valence-corrected chi connectivity index (χ4v) is 1.92. The van der Waals surface area contributed by atoms with Gasteiger partial charge >= 0.3 is 6.03 Å². The van der Waals surface area contributed by atoms with E-state index >= 15 is 0 Å². The molecule has 1 heterocycles. The van der Waals surface area contributed by atoms with E-state index < -0.39 is 0 Å². The third-order valence-corrected chi connectivity index (χ3v) is 3.05. The van der Waals surface area contributed by atoms with Crippen molar-refractivity contribution in [1.82, 2.24) is 10.6 Å². The largest absolute Gasteiger partial charge is 0.473 e. The van der Waals surface area contributed by atoms with E-state index in [0.29, 0.717) is 17.3 Å². The zero-order valence-electron chi connectivity index (χ0n) is 10.5. The summed E-state index contributed by atoms with van der Waals surface area (Å²) in [5, 5.41) is 6.00. The lowest BCUT2D eigenvalue weighted by Gasteiger charge is -2.12. The van der Waals surface area contributed by atoms with Crippen LogP contribution in [0.2, 0.25) is 5.02 Å². The second kappa shape index (κ2) is 7.21. The van der Waals surface area contributed by atoms with Crippen molar-refractivity contribution in [1.29, 1.82) is 0 Å². The Morgan fingerprint density at radius 2 is 2.16 bits per heavy atom. The third kappa shape index (κ3) is 4.96. The van der Waals surface area contributed by atoms with Gasteiger partial charge in [0.15, 0.2) is 6.73 Å². The van der Waals surface area contributed by atoms with Gasteiger partial charge in [0.25, 0.3) is 0 Å². The van der Waals surface area contributed by atoms with E-state index in [9.17, 15) is 4.79 Å². The van der Waals surface area contributed by atoms with Gasteiger partial charge in [-0.2, -0.15) is 0 Å². The number of benzene rings is 1. The SMILES string of the molecule is O=C(NCOc1ccc(Cl)cc1)NCC1CCCO1. The second-order valence-electron chi connectivity index (χ2n) is 4.26. The molecule has 1 aliphatic rings. The lowest BCUT2D eigenvalue weighted by molar-refractivity contribution is 0.111. The van der Waals surface area contributed by atoms with E-state index in [0.717, 1.165) is 19.4 Å². The first-order valence-corrected chi connectivity index (χ1v) is 6.63. The van der Waals surface area contributed by atoms with Crippen molar-refractivity contribution in [3.05, 3.63) is 29.3 Å². The van der Waals surface area contributed by atoms with Gasteiger partial charge < -0.3 is 20.1 Å². The number of rotatable bonds is 5. The number of amides is 2. The maximum absolute atomic E-state index is 11.5. The van der Waals surface area contributed by atoms with Gasteiger partial charge in [-0.05, 0) is 37.1 Å². The summed E-state index contributed by atoms with van der Waals surface area (Å²) in [5.74, 6) is 0.656. The lowest BCUT2D eigenvalue weighted by Crippen LogP contribution is -2.41. The molecular formula is C13H17ClN2O3. The predicted octanol–water partition coefficient (Wildman–Crippen LogP) is 2.15. The highest BCUT2D eigenvalue weighted by atomic mass is 35.5. The summed E-state index contributed by atoms with van der Waals surface area (Å²) in [7, 11) is 0. The molecule has 1 saturated heterocycles. The summed E-state index contributed by atoms with van der Waals surface area (Å²) >= 11 is 5.75. The normalized spacial score (nSPS) is 18.1. The monoisotopic (exact) mass is 284 g/mol. The minimum atomic E-state index is -0.260. The zero-order valence-corrected chi connectivity index (χ0v) is 11.3. The van der Waals surface area contributed by atoms with Crippen LogP contribution >= 0.6 is 11.6 Å². The summed E-state index contributed by atoms with van der Waals surface area (Å²) in [6.45, 7) is 1.43. The van der Waals surface area contributed by atoms with Gasteiger partial charge in [-0.3, -0.25) is 0 Å². The van der Waals surface area contributed by atoms with Crippen LogP contribution in [0.1, 0.15) is 12.8 Å². The Labute approximate surface area is 117 Å². The van der Waals surface area contributed by atoms with Crippen LogP contribution in [0.25, 0.3) is 0 Å². The summed E-state index contributed by atoms with van der Waals surface area (Å²) in [6, 6.07) is 6.69. The van der Waals surface area contributed by atoms with Crippen molar-refractivity contribution in [2.75, 3.05) is 19.9 Å². The van der Waals surface area contributed by atoms with Crippen LogP contribution in [-0.2, 0) is 4.74 Å². The molecule has 0 saturated carbocycles. The smallest absolute Gasteiger partial charge is 0.317 e. The second-order valence-corrected chi connectivity index (χ2v) is 4.70. The fraction of sp³-hybridized carbons (Fsp3) is 0.462. The summed E-state index contributed by atoms with van der Waals surface area (Å²) in [5.41, 5.74) is 0. The highest BCUT2D eigenvalue weighted by molar-refractivity contribution is 6.30. The fourth-order valence-electron chi connectivity index (χ4n) is 1.79. The number of hydrogen-bond donors (Lipinski definition) is 2. The molecule has 104 valence electrons. The number of halogens is 1. The van der Waals surface area contributed by atoms with Crippen molar-refractivity contribution in [3.63, 3.8) is 0 Å². The number of carbonyl (C=O) groups excluding carboxylic acids is 1. The van der Waals surface area contributed by atoms with Gasteiger partial charge in [0, 0.05) is 18.2 Å². The Morgan fingerprint density at radius 3 is 2.84 bits per heavy atom. The van der Waals surface area contributed by atoms with Crippen LogP contribution in [0.3, 0.4) is 0 Å². The average molecular weight is 285 g/mol. The molecule has 1 atom stereocenters. The molecule has 2 N–H and O–H groups in total. The van der Waals surface area contributed by atoms with Gasteiger partial charge in [0.05, 0.1) is 6.10 Å².